The topological polar surface area (TPSA) is 78.0 Å². The van der Waals surface area contributed by atoms with E-state index in [9.17, 15) is 19.2 Å². The van der Waals surface area contributed by atoms with Crippen molar-refractivity contribution in [3.63, 3.8) is 0 Å². The fourth-order valence-corrected chi connectivity index (χ4v) is 5.19. The number of imide groups is 2. The number of hydrogen-bond acceptors (Lipinski definition) is 4. The van der Waals surface area contributed by atoms with Crippen LogP contribution in [-0.2, 0) is 14.4 Å². The Morgan fingerprint density at radius 1 is 1.08 bits per heavy atom. The third-order valence-electron chi connectivity index (χ3n) is 5.71. The lowest BCUT2D eigenvalue weighted by Crippen LogP contribution is -2.45. The first kappa shape index (κ1) is 18.9. The fraction of sp³-hybridized carbons (Fsp3) is 0.789. The van der Waals surface area contributed by atoms with Crippen LogP contribution in [-0.4, -0.2) is 64.1 Å². The van der Waals surface area contributed by atoms with Gasteiger partial charge in [-0.2, -0.15) is 0 Å². The van der Waals surface area contributed by atoms with Gasteiger partial charge in [0.15, 0.2) is 0 Å². The van der Waals surface area contributed by atoms with Gasteiger partial charge >= 0.3 is 17.8 Å². The molecule has 144 valence electrons. The monoisotopic (exact) mass is 363 g/mol. The van der Waals surface area contributed by atoms with Gasteiger partial charge in [-0.1, -0.05) is 34.6 Å². The van der Waals surface area contributed by atoms with E-state index in [4.69, 9.17) is 0 Å². The summed E-state index contributed by atoms with van der Waals surface area (Å²) < 4.78 is 0. The maximum Gasteiger partial charge on any atom is 0.334 e. The van der Waals surface area contributed by atoms with Crippen LogP contribution in [0.15, 0.2) is 0 Å². The Kier molecular flexibility index (Phi) is 4.40. The average Bonchev–Trinajstić information content (AvgIpc) is 2.85. The van der Waals surface area contributed by atoms with Gasteiger partial charge in [-0.05, 0) is 36.0 Å². The number of carbonyl (C=O) groups is 4. The highest BCUT2D eigenvalue weighted by atomic mass is 16.2. The van der Waals surface area contributed by atoms with E-state index in [-0.39, 0.29) is 41.8 Å². The predicted octanol–water partition coefficient (Wildman–Crippen LogP) is 1.86. The summed E-state index contributed by atoms with van der Waals surface area (Å²) in [6.07, 6.45) is 2.94. The second-order valence-corrected chi connectivity index (χ2v) is 9.72. The smallest absolute Gasteiger partial charge is 0.334 e. The molecule has 2 aliphatic heterocycles. The van der Waals surface area contributed by atoms with Crippen LogP contribution in [0.4, 0.5) is 4.79 Å². The molecule has 0 radical (unpaired) electrons. The molecule has 0 unspecified atom stereocenters. The van der Waals surface area contributed by atoms with E-state index in [0.717, 1.165) is 29.1 Å². The van der Waals surface area contributed by atoms with Crippen molar-refractivity contribution in [1.29, 1.82) is 0 Å². The predicted molar refractivity (Wildman–Crippen MR) is 94.9 cm³/mol. The molecule has 3 rings (SSSR count). The summed E-state index contributed by atoms with van der Waals surface area (Å²) in [6, 6.07) is -0.526. The van der Waals surface area contributed by atoms with Crippen LogP contribution in [0.25, 0.3) is 0 Å². The van der Waals surface area contributed by atoms with Gasteiger partial charge < -0.3 is 4.90 Å². The zero-order valence-electron chi connectivity index (χ0n) is 16.4. The van der Waals surface area contributed by atoms with Gasteiger partial charge in [-0.3, -0.25) is 19.3 Å². The minimum absolute atomic E-state index is 0.0614. The van der Waals surface area contributed by atoms with Crippen LogP contribution in [0.1, 0.15) is 53.9 Å². The number of hydrogen-bond donors (Lipinski definition) is 0. The Balaban J connectivity index is 1.72. The number of fused-ring (bicyclic) bond motifs is 2. The van der Waals surface area contributed by atoms with Crippen molar-refractivity contribution in [3.8, 4) is 0 Å². The average molecular weight is 363 g/mol. The van der Waals surface area contributed by atoms with Crippen molar-refractivity contribution in [2.75, 3.05) is 19.6 Å². The van der Waals surface area contributed by atoms with E-state index in [2.05, 4.69) is 20.8 Å². The van der Waals surface area contributed by atoms with Gasteiger partial charge in [-0.15, -0.1) is 0 Å². The molecule has 3 aliphatic rings. The molecule has 7 nitrogen and oxygen atoms in total. The molecule has 2 bridgehead atoms. The van der Waals surface area contributed by atoms with Crippen molar-refractivity contribution in [2.45, 2.75) is 59.9 Å². The van der Waals surface area contributed by atoms with Gasteiger partial charge in [-0.25, -0.2) is 9.69 Å². The lowest BCUT2D eigenvalue weighted by atomic mass is 9.65. The molecule has 0 aromatic rings. The van der Waals surface area contributed by atoms with E-state index < -0.39 is 17.8 Å². The molecule has 26 heavy (non-hydrogen) atoms. The molecule has 0 aromatic carbocycles. The van der Waals surface area contributed by atoms with E-state index >= 15 is 0 Å². The lowest BCUT2D eigenvalue weighted by Gasteiger charge is -2.39. The van der Waals surface area contributed by atoms with E-state index in [1.54, 1.807) is 0 Å². The first-order chi connectivity index (χ1) is 11.9. The summed E-state index contributed by atoms with van der Waals surface area (Å²) in [5.74, 6) is -1.90. The minimum Gasteiger partial charge on any atom is -0.338 e. The molecule has 0 spiro atoms. The van der Waals surface area contributed by atoms with E-state index in [1.807, 2.05) is 18.7 Å². The fourth-order valence-electron chi connectivity index (χ4n) is 5.19. The molecular weight excluding hydrogens is 334 g/mol. The Bertz CT molecular complexity index is 672. The highest BCUT2D eigenvalue weighted by molar-refractivity contribution is 6.45. The molecule has 0 aromatic heterocycles. The van der Waals surface area contributed by atoms with Gasteiger partial charge in [0.2, 0.25) is 5.91 Å². The second-order valence-electron chi connectivity index (χ2n) is 9.72. The van der Waals surface area contributed by atoms with Gasteiger partial charge in [0.1, 0.15) is 6.54 Å². The Morgan fingerprint density at radius 3 is 2.31 bits per heavy atom. The van der Waals surface area contributed by atoms with Crippen molar-refractivity contribution >= 4 is 23.8 Å². The van der Waals surface area contributed by atoms with Crippen LogP contribution in [0.5, 0.6) is 0 Å². The normalized spacial score (nSPS) is 30.8. The molecule has 2 saturated heterocycles. The van der Waals surface area contributed by atoms with Crippen LogP contribution in [0.2, 0.25) is 0 Å². The molecule has 3 fully saturated rings. The molecule has 2 atom stereocenters. The summed E-state index contributed by atoms with van der Waals surface area (Å²) in [4.78, 5) is 53.2. The lowest BCUT2D eigenvalue weighted by molar-refractivity contribution is -0.145. The number of urea groups is 1. The third kappa shape index (κ3) is 3.23. The Hall–Kier alpha value is -1.92. The van der Waals surface area contributed by atoms with Gasteiger partial charge in [0.05, 0.1) is 0 Å². The van der Waals surface area contributed by atoms with E-state index in [1.165, 1.54) is 0 Å². The van der Waals surface area contributed by atoms with Crippen LogP contribution in [0.3, 0.4) is 0 Å². The summed E-state index contributed by atoms with van der Waals surface area (Å²) in [5.41, 5.74) is 0.261. The highest BCUT2D eigenvalue weighted by Crippen LogP contribution is 2.52. The Labute approximate surface area is 154 Å². The number of carbonyl (C=O) groups excluding carboxylic acids is 4. The zero-order chi connectivity index (χ0) is 19.4. The molecule has 1 aliphatic carbocycles. The molecule has 2 heterocycles. The van der Waals surface area contributed by atoms with Gasteiger partial charge in [0.25, 0.3) is 0 Å². The maximum absolute atomic E-state index is 12.9. The van der Waals surface area contributed by atoms with Crippen LogP contribution in [0, 0.1) is 16.7 Å². The first-order valence-electron chi connectivity index (χ1n) is 9.39. The molecule has 5 amide bonds. The van der Waals surface area contributed by atoms with Crippen LogP contribution >= 0.6 is 0 Å². The Morgan fingerprint density at radius 2 is 1.69 bits per heavy atom. The second kappa shape index (κ2) is 6.06. The largest absolute Gasteiger partial charge is 0.338 e. The number of likely N-dealkylation sites (tertiary alicyclic amines) is 1. The van der Waals surface area contributed by atoms with Crippen LogP contribution < -0.4 is 0 Å². The quantitative estimate of drug-likeness (QED) is 0.564. The zero-order valence-corrected chi connectivity index (χ0v) is 16.4. The summed E-state index contributed by atoms with van der Waals surface area (Å²) in [5, 5.41) is 0. The maximum atomic E-state index is 12.9. The highest BCUT2D eigenvalue weighted by Gasteiger charge is 2.52. The standard InChI is InChI=1S/C19H29N3O4/c1-12(2)8-20-15(24)16(25)21(17(20)26)9-14(23)22-11-19(5)7-13(22)6-18(3,4)10-19/h12-13H,6-11H2,1-5H3/t13-,19-/m1/s1. The molecule has 0 N–H and O–H groups in total. The summed E-state index contributed by atoms with van der Waals surface area (Å²) in [7, 11) is 0. The first-order valence-corrected chi connectivity index (χ1v) is 9.39. The van der Waals surface area contributed by atoms with Gasteiger partial charge in [0, 0.05) is 19.1 Å². The number of rotatable bonds is 4. The third-order valence-corrected chi connectivity index (χ3v) is 5.71. The molecule has 1 saturated carbocycles. The molecule has 7 heteroatoms. The minimum atomic E-state index is -0.891. The summed E-state index contributed by atoms with van der Waals surface area (Å²) >= 11 is 0. The molecular formula is C19H29N3O4. The summed E-state index contributed by atoms with van der Waals surface area (Å²) in [6.45, 7) is 10.9. The van der Waals surface area contributed by atoms with Crippen molar-refractivity contribution in [2.24, 2.45) is 16.7 Å². The van der Waals surface area contributed by atoms with Crippen molar-refractivity contribution < 1.29 is 19.2 Å². The SMILES string of the molecule is CC(C)CN1C(=O)C(=O)N(CC(=O)N2C[C@]3(C)C[C@H]2CC(C)(C)C3)C1=O. The number of amides is 5. The van der Waals surface area contributed by atoms with Crippen molar-refractivity contribution in [3.05, 3.63) is 0 Å². The van der Waals surface area contributed by atoms with E-state index in [0.29, 0.717) is 6.54 Å². The number of nitrogens with zero attached hydrogens (tertiary/aromatic N) is 3. The van der Waals surface area contributed by atoms with Crippen molar-refractivity contribution in [1.82, 2.24) is 14.7 Å².